The summed E-state index contributed by atoms with van der Waals surface area (Å²) in [7, 11) is 0. The highest BCUT2D eigenvalue weighted by molar-refractivity contribution is 6.08. The van der Waals surface area contributed by atoms with Gasteiger partial charge in [0.25, 0.3) is 5.91 Å². The molecule has 5 nitrogen and oxygen atoms in total. The fraction of sp³-hybridized carbons (Fsp3) is 0.0714. The highest BCUT2D eigenvalue weighted by Gasteiger charge is 2.12. The van der Waals surface area contributed by atoms with Crippen LogP contribution in [0, 0.1) is 0 Å². The minimum absolute atomic E-state index is 0.0697. The Morgan fingerprint density at radius 3 is 1.97 bits per heavy atom. The molecule has 0 heterocycles. The Hall–Kier alpha value is -4.38. The maximum atomic E-state index is 13.0. The fourth-order valence-electron chi connectivity index (χ4n) is 3.47. The molecule has 0 spiro atoms. The Labute approximate surface area is 193 Å². The van der Waals surface area contributed by atoms with Crippen molar-refractivity contribution >= 4 is 34.6 Å². The van der Waals surface area contributed by atoms with Crippen molar-refractivity contribution in [3.8, 4) is 0 Å². The molecule has 0 atom stereocenters. The lowest BCUT2D eigenvalue weighted by atomic mass is 10.1. The van der Waals surface area contributed by atoms with Crippen LogP contribution < -0.4 is 16.0 Å². The van der Waals surface area contributed by atoms with E-state index < -0.39 is 0 Å². The van der Waals surface area contributed by atoms with Crippen molar-refractivity contribution in [1.82, 2.24) is 0 Å². The van der Waals surface area contributed by atoms with Crippen LogP contribution in [0.4, 0.5) is 22.7 Å². The molecule has 33 heavy (non-hydrogen) atoms. The van der Waals surface area contributed by atoms with E-state index in [4.69, 9.17) is 0 Å². The van der Waals surface area contributed by atoms with Crippen molar-refractivity contribution < 1.29 is 9.59 Å². The Balaban J connectivity index is 1.39. The number of para-hydroxylation sites is 2. The van der Waals surface area contributed by atoms with E-state index in [0.29, 0.717) is 35.5 Å². The van der Waals surface area contributed by atoms with E-state index >= 15 is 0 Å². The number of nitrogens with one attached hydrogen (secondary N) is 3. The quantitative estimate of drug-likeness (QED) is 0.306. The van der Waals surface area contributed by atoms with Gasteiger partial charge in [-0.05, 0) is 54.4 Å². The number of benzene rings is 4. The van der Waals surface area contributed by atoms with Crippen molar-refractivity contribution in [2.45, 2.75) is 12.8 Å². The molecule has 0 aromatic heterocycles. The lowest BCUT2D eigenvalue weighted by Gasteiger charge is -2.13. The third-order valence-electron chi connectivity index (χ3n) is 5.11. The summed E-state index contributed by atoms with van der Waals surface area (Å²) >= 11 is 0. The van der Waals surface area contributed by atoms with E-state index in [1.807, 2.05) is 78.9 Å². The zero-order valence-corrected chi connectivity index (χ0v) is 18.1. The van der Waals surface area contributed by atoms with Crippen molar-refractivity contribution in [3.05, 3.63) is 120 Å². The largest absolute Gasteiger partial charge is 0.355 e. The van der Waals surface area contributed by atoms with Gasteiger partial charge in [0, 0.05) is 23.5 Å². The van der Waals surface area contributed by atoms with Gasteiger partial charge in [0.2, 0.25) is 5.91 Å². The zero-order valence-electron chi connectivity index (χ0n) is 18.1. The SMILES string of the molecule is O=C(CCc1ccccc1)Nc1cccc(NC(=O)c2ccccc2Nc2ccccc2)c1. The first kappa shape index (κ1) is 21.8. The molecule has 0 fully saturated rings. The summed E-state index contributed by atoms with van der Waals surface area (Å²) in [6, 6.07) is 34.1. The van der Waals surface area contributed by atoms with Crippen molar-refractivity contribution in [2.75, 3.05) is 16.0 Å². The number of anilines is 4. The number of hydrogen-bond donors (Lipinski definition) is 3. The number of amides is 2. The van der Waals surface area contributed by atoms with E-state index in [1.54, 1.807) is 30.3 Å². The Kier molecular flexibility index (Phi) is 7.13. The van der Waals surface area contributed by atoms with E-state index in [9.17, 15) is 9.59 Å². The molecule has 4 rings (SSSR count). The topological polar surface area (TPSA) is 70.2 Å². The molecule has 164 valence electrons. The molecule has 4 aromatic rings. The van der Waals surface area contributed by atoms with Gasteiger partial charge in [-0.15, -0.1) is 0 Å². The summed E-state index contributed by atoms with van der Waals surface area (Å²) < 4.78 is 0. The van der Waals surface area contributed by atoms with Crippen molar-refractivity contribution in [2.24, 2.45) is 0 Å². The number of carbonyl (C=O) groups is 2. The second-order valence-corrected chi connectivity index (χ2v) is 7.61. The summed E-state index contributed by atoms with van der Waals surface area (Å²) in [6.45, 7) is 0. The van der Waals surface area contributed by atoms with Crippen molar-refractivity contribution in [3.63, 3.8) is 0 Å². The standard InChI is InChI=1S/C28H25N3O2/c32-27(19-18-21-10-3-1-4-11-21)30-23-14-9-15-24(20-23)31-28(33)25-16-7-8-17-26(25)29-22-12-5-2-6-13-22/h1-17,20,29H,18-19H2,(H,30,32)(H,31,33). The molecule has 0 saturated carbocycles. The highest BCUT2D eigenvalue weighted by atomic mass is 16.2. The van der Waals surface area contributed by atoms with E-state index in [0.717, 1.165) is 11.3 Å². The summed E-state index contributed by atoms with van der Waals surface area (Å²) in [5.74, 6) is -0.304. The minimum atomic E-state index is -0.235. The summed E-state index contributed by atoms with van der Waals surface area (Å²) in [6.07, 6.45) is 1.06. The molecular formula is C28H25N3O2. The first-order chi connectivity index (χ1) is 16.2. The average Bonchev–Trinajstić information content (AvgIpc) is 2.84. The van der Waals surface area contributed by atoms with Gasteiger partial charge in [0.05, 0.1) is 11.3 Å². The van der Waals surface area contributed by atoms with Gasteiger partial charge in [-0.1, -0.05) is 66.7 Å². The van der Waals surface area contributed by atoms with E-state index in [1.165, 1.54) is 0 Å². The van der Waals surface area contributed by atoms with Crippen LogP contribution in [0.3, 0.4) is 0 Å². The minimum Gasteiger partial charge on any atom is -0.355 e. The third kappa shape index (κ3) is 6.31. The second kappa shape index (κ2) is 10.8. The maximum Gasteiger partial charge on any atom is 0.257 e. The van der Waals surface area contributed by atoms with Crippen LogP contribution in [-0.4, -0.2) is 11.8 Å². The summed E-state index contributed by atoms with van der Waals surface area (Å²) in [5, 5.41) is 9.12. The summed E-state index contributed by atoms with van der Waals surface area (Å²) in [5.41, 5.74) is 4.51. The molecule has 0 aliphatic carbocycles. The molecule has 0 aliphatic rings. The number of hydrogen-bond acceptors (Lipinski definition) is 3. The van der Waals surface area contributed by atoms with Gasteiger partial charge >= 0.3 is 0 Å². The molecule has 0 radical (unpaired) electrons. The van der Waals surface area contributed by atoms with Crippen LogP contribution in [0.25, 0.3) is 0 Å². The molecule has 0 bridgehead atoms. The van der Waals surface area contributed by atoms with Crippen LogP contribution in [0.15, 0.2) is 109 Å². The lowest BCUT2D eigenvalue weighted by Crippen LogP contribution is -2.15. The predicted molar refractivity (Wildman–Crippen MR) is 134 cm³/mol. The summed E-state index contributed by atoms with van der Waals surface area (Å²) in [4.78, 5) is 25.3. The molecule has 2 amide bonds. The molecule has 4 aromatic carbocycles. The molecule has 3 N–H and O–H groups in total. The van der Waals surface area contributed by atoms with Gasteiger partial charge in [-0.25, -0.2) is 0 Å². The Bertz CT molecular complexity index is 1220. The van der Waals surface area contributed by atoms with Crippen LogP contribution >= 0.6 is 0 Å². The third-order valence-corrected chi connectivity index (χ3v) is 5.11. The van der Waals surface area contributed by atoms with Crippen LogP contribution in [-0.2, 0) is 11.2 Å². The molecule has 0 saturated heterocycles. The lowest BCUT2D eigenvalue weighted by molar-refractivity contribution is -0.116. The maximum absolute atomic E-state index is 13.0. The van der Waals surface area contributed by atoms with Gasteiger partial charge in [0.15, 0.2) is 0 Å². The average molecular weight is 436 g/mol. The molecular weight excluding hydrogens is 410 g/mol. The Morgan fingerprint density at radius 2 is 1.21 bits per heavy atom. The van der Waals surface area contributed by atoms with E-state index in [2.05, 4.69) is 16.0 Å². The second-order valence-electron chi connectivity index (χ2n) is 7.61. The van der Waals surface area contributed by atoms with Crippen LogP contribution in [0.1, 0.15) is 22.3 Å². The number of rotatable bonds is 8. The van der Waals surface area contributed by atoms with Gasteiger partial charge < -0.3 is 16.0 Å². The van der Waals surface area contributed by atoms with Gasteiger partial charge in [-0.3, -0.25) is 9.59 Å². The molecule has 5 heteroatoms. The predicted octanol–water partition coefficient (Wildman–Crippen LogP) is 6.25. The monoisotopic (exact) mass is 435 g/mol. The van der Waals surface area contributed by atoms with Gasteiger partial charge in [0.1, 0.15) is 0 Å². The zero-order chi connectivity index (χ0) is 22.9. The Morgan fingerprint density at radius 1 is 0.606 bits per heavy atom. The van der Waals surface area contributed by atoms with Crippen LogP contribution in [0.2, 0.25) is 0 Å². The number of carbonyl (C=O) groups excluding carboxylic acids is 2. The first-order valence-electron chi connectivity index (χ1n) is 10.8. The fourth-order valence-corrected chi connectivity index (χ4v) is 3.47. The molecule has 0 aliphatic heterocycles. The number of aryl methyl sites for hydroxylation is 1. The van der Waals surface area contributed by atoms with E-state index in [-0.39, 0.29) is 11.8 Å². The van der Waals surface area contributed by atoms with Crippen LogP contribution in [0.5, 0.6) is 0 Å². The van der Waals surface area contributed by atoms with Gasteiger partial charge in [-0.2, -0.15) is 0 Å². The van der Waals surface area contributed by atoms with Crippen molar-refractivity contribution in [1.29, 1.82) is 0 Å². The molecule has 0 unspecified atom stereocenters. The smallest absolute Gasteiger partial charge is 0.257 e. The first-order valence-corrected chi connectivity index (χ1v) is 10.8. The normalized spacial score (nSPS) is 10.3. The highest BCUT2D eigenvalue weighted by Crippen LogP contribution is 2.23.